The SMILES string of the molecule is CCCC.CCCC.CCCC.CCCC.O.O.[Br-].[Sn].[Sn]. The first-order valence-electron chi connectivity index (χ1n) is 7.66. The van der Waals surface area contributed by atoms with Gasteiger partial charge in [-0.3, -0.25) is 0 Å². The van der Waals surface area contributed by atoms with Gasteiger partial charge in [0, 0.05) is 47.8 Å². The van der Waals surface area contributed by atoms with Crippen LogP contribution in [-0.4, -0.2) is 58.8 Å². The fraction of sp³-hybridized carbons (Fsp3) is 1.00. The summed E-state index contributed by atoms with van der Waals surface area (Å²) in [6.07, 6.45) is 10.6. The van der Waals surface area contributed by atoms with Crippen molar-refractivity contribution in [2.24, 2.45) is 0 Å². The third-order valence-electron chi connectivity index (χ3n) is 2.00. The summed E-state index contributed by atoms with van der Waals surface area (Å²) < 4.78 is 0. The van der Waals surface area contributed by atoms with Gasteiger partial charge < -0.3 is 27.9 Å². The van der Waals surface area contributed by atoms with E-state index in [1.807, 2.05) is 0 Å². The molecule has 0 aliphatic carbocycles. The molecule has 5 heteroatoms. The minimum absolute atomic E-state index is 0. The smallest absolute Gasteiger partial charge is 0 e. The summed E-state index contributed by atoms with van der Waals surface area (Å²) >= 11 is 0. The van der Waals surface area contributed by atoms with Gasteiger partial charge in [0.05, 0.1) is 0 Å². The van der Waals surface area contributed by atoms with Crippen molar-refractivity contribution in [1.29, 1.82) is 0 Å². The molecule has 0 aromatic carbocycles. The second-order valence-electron chi connectivity index (χ2n) is 4.00. The second-order valence-corrected chi connectivity index (χ2v) is 4.00. The maximum atomic E-state index is 2.18. The summed E-state index contributed by atoms with van der Waals surface area (Å²) in [6.45, 7) is 17.4. The van der Waals surface area contributed by atoms with Crippen LogP contribution in [0.1, 0.15) is 107 Å². The Labute approximate surface area is 181 Å². The van der Waals surface area contributed by atoms with E-state index in [0.29, 0.717) is 0 Å². The van der Waals surface area contributed by atoms with Crippen molar-refractivity contribution in [2.45, 2.75) is 107 Å². The molecule has 0 fully saturated rings. The molecule has 4 N–H and O–H groups in total. The van der Waals surface area contributed by atoms with Crippen molar-refractivity contribution >= 4 is 47.8 Å². The van der Waals surface area contributed by atoms with Gasteiger partial charge >= 0.3 is 0 Å². The van der Waals surface area contributed by atoms with Crippen LogP contribution >= 0.6 is 0 Å². The van der Waals surface area contributed by atoms with E-state index in [-0.39, 0.29) is 75.7 Å². The van der Waals surface area contributed by atoms with Crippen molar-refractivity contribution in [1.82, 2.24) is 0 Å². The van der Waals surface area contributed by atoms with Gasteiger partial charge in [-0.2, -0.15) is 0 Å². The van der Waals surface area contributed by atoms with Gasteiger partial charge in [0.25, 0.3) is 0 Å². The van der Waals surface area contributed by atoms with Gasteiger partial charge in [-0.1, -0.05) is 107 Å². The second kappa shape index (κ2) is 97.0. The maximum absolute atomic E-state index is 2.18. The summed E-state index contributed by atoms with van der Waals surface area (Å²) in [4.78, 5) is 0. The third kappa shape index (κ3) is 245. The fourth-order valence-electron chi connectivity index (χ4n) is 0. The Bertz CT molecular complexity index is 48.2. The molecule has 0 spiro atoms. The van der Waals surface area contributed by atoms with Gasteiger partial charge in [0.1, 0.15) is 0 Å². The molecule has 0 atom stereocenters. The molecule has 0 aliphatic rings. The number of hydrogen-bond donors (Lipinski definition) is 0. The Morgan fingerprint density at radius 3 is 0.381 bits per heavy atom. The molecule has 136 valence electrons. The minimum atomic E-state index is 0. The van der Waals surface area contributed by atoms with Gasteiger partial charge in [-0.05, 0) is 0 Å². The first kappa shape index (κ1) is 56.8. The molecule has 21 heavy (non-hydrogen) atoms. The van der Waals surface area contributed by atoms with Gasteiger partial charge in [0.2, 0.25) is 0 Å². The molecular formula is C16H44BrO2Sn2-. The van der Waals surface area contributed by atoms with Crippen molar-refractivity contribution in [3.8, 4) is 0 Å². The molecule has 0 saturated carbocycles. The van der Waals surface area contributed by atoms with Crippen LogP contribution in [0, 0.1) is 0 Å². The molecule has 0 heterocycles. The Morgan fingerprint density at radius 1 is 0.333 bits per heavy atom. The minimum Gasteiger partial charge on any atom is -1.00 e. The molecule has 0 rings (SSSR count). The molecule has 0 unspecified atom stereocenters. The zero-order valence-corrected chi connectivity index (χ0v) is 23.3. The fourth-order valence-corrected chi connectivity index (χ4v) is 0. The van der Waals surface area contributed by atoms with Crippen molar-refractivity contribution in [3.05, 3.63) is 0 Å². The van der Waals surface area contributed by atoms with E-state index in [9.17, 15) is 0 Å². The zero-order chi connectivity index (χ0) is 13.7. The summed E-state index contributed by atoms with van der Waals surface area (Å²) in [7, 11) is 0. The van der Waals surface area contributed by atoms with Crippen LogP contribution in [0.3, 0.4) is 0 Å². The number of rotatable bonds is 4. The predicted octanol–water partition coefficient (Wildman–Crippen LogP) is 1.82. The maximum Gasteiger partial charge on any atom is 0 e. The van der Waals surface area contributed by atoms with E-state index in [0.717, 1.165) is 0 Å². The van der Waals surface area contributed by atoms with Crippen LogP contribution in [0.4, 0.5) is 0 Å². The Morgan fingerprint density at radius 2 is 0.381 bits per heavy atom. The summed E-state index contributed by atoms with van der Waals surface area (Å²) in [6, 6.07) is 0. The number of unbranched alkanes of at least 4 members (excludes halogenated alkanes) is 4. The van der Waals surface area contributed by atoms with Crippen LogP contribution < -0.4 is 17.0 Å². The molecule has 8 radical (unpaired) electrons. The molecule has 2 nitrogen and oxygen atoms in total. The van der Waals surface area contributed by atoms with Crippen LogP contribution in [-0.2, 0) is 0 Å². The molecule has 0 bridgehead atoms. The number of halogens is 1. The predicted molar refractivity (Wildman–Crippen MR) is 101 cm³/mol. The van der Waals surface area contributed by atoms with E-state index < -0.39 is 0 Å². The summed E-state index contributed by atoms with van der Waals surface area (Å²) in [5.41, 5.74) is 0. The van der Waals surface area contributed by atoms with E-state index in [1.165, 1.54) is 51.4 Å². The van der Waals surface area contributed by atoms with E-state index >= 15 is 0 Å². The first-order valence-corrected chi connectivity index (χ1v) is 7.66. The van der Waals surface area contributed by atoms with Crippen molar-refractivity contribution < 1.29 is 27.9 Å². The molecule has 0 amide bonds. The van der Waals surface area contributed by atoms with Crippen LogP contribution in [0.25, 0.3) is 0 Å². The standard InChI is InChI=1S/4C4H10.BrH.2H2O.2Sn/c4*1-3-4-2;;;;;/h4*3-4H2,1-2H3;1H;2*1H2;;/p-1. The van der Waals surface area contributed by atoms with Gasteiger partial charge in [0.15, 0.2) is 0 Å². The van der Waals surface area contributed by atoms with Gasteiger partial charge in [-0.15, -0.1) is 0 Å². The average molecular weight is 586 g/mol. The van der Waals surface area contributed by atoms with Gasteiger partial charge in [-0.25, -0.2) is 0 Å². The Kier molecular flexibility index (Phi) is 262. The molecule has 0 aromatic rings. The average Bonchev–Trinajstić information content (AvgIpc) is 2.39. The van der Waals surface area contributed by atoms with Crippen molar-refractivity contribution in [3.63, 3.8) is 0 Å². The Hall–Kier alpha value is 2.00. The van der Waals surface area contributed by atoms with Crippen LogP contribution in [0.2, 0.25) is 0 Å². The normalized spacial score (nSPS) is 5.71. The summed E-state index contributed by atoms with van der Waals surface area (Å²) in [5.74, 6) is 0. The largest absolute Gasteiger partial charge is 1.00 e. The van der Waals surface area contributed by atoms with Crippen LogP contribution in [0.5, 0.6) is 0 Å². The van der Waals surface area contributed by atoms with E-state index in [4.69, 9.17) is 0 Å². The molecule has 0 saturated heterocycles. The van der Waals surface area contributed by atoms with E-state index in [2.05, 4.69) is 55.4 Å². The first-order chi connectivity index (χ1) is 7.66. The topological polar surface area (TPSA) is 63.0 Å². The Balaban J connectivity index is -0.0000000121. The third-order valence-corrected chi connectivity index (χ3v) is 2.00. The molecule has 0 aromatic heterocycles. The van der Waals surface area contributed by atoms with E-state index in [1.54, 1.807) is 0 Å². The quantitative estimate of drug-likeness (QED) is 0.452. The van der Waals surface area contributed by atoms with Crippen LogP contribution in [0.15, 0.2) is 0 Å². The monoisotopic (exact) mass is 587 g/mol. The molecular weight excluding hydrogens is 542 g/mol. The number of hydrogen-bond acceptors (Lipinski definition) is 0. The molecule has 0 aliphatic heterocycles. The van der Waals surface area contributed by atoms with Crippen molar-refractivity contribution in [2.75, 3.05) is 0 Å². The summed E-state index contributed by atoms with van der Waals surface area (Å²) in [5, 5.41) is 0. The zero-order valence-electron chi connectivity index (χ0n) is 16.0.